The lowest BCUT2D eigenvalue weighted by Crippen LogP contribution is -2.41. The Labute approximate surface area is 143 Å². The summed E-state index contributed by atoms with van der Waals surface area (Å²) in [5.74, 6) is 0.396. The molecule has 23 heavy (non-hydrogen) atoms. The van der Waals surface area contributed by atoms with Crippen molar-refractivity contribution in [2.45, 2.75) is 103 Å². The third-order valence-corrected chi connectivity index (χ3v) is 5.99. The fourth-order valence-corrected chi connectivity index (χ4v) is 3.67. The summed E-state index contributed by atoms with van der Waals surface area (Å²) >= 11 is 0. The van der Waals surface area contributed by atoms with Crippen LogP contribution in [-0.2, 0) is 9.31 Å². The maximum atomic E-state index is 11.1. The lowest BCUT2D eigenvalue weighted by atomic mass is 9.62. The van der Waals surface area contributed by atoms with Crippen molar-refractivity contribution < 1.29 is 14.4 Å². The predicted octanol–water partition coefficient (Wildman–Crippen LogP) is 4.75. The van der Waals surface area contributed by atoms with E-state index in [-0.39, 0.29) is 30.2 Å². The molecule has 4 heteroatoms. The number of aliphatic hydroxyl groups excluding tert-OH is 1. The third kappa shape index (κ3) is 4.40. The summed E-state index contributed by atoms with van der Waals surface area (Å²) < 4.78 is 12.5. The van der Waals surface area contributed by atoms with Crippen molar-refractivity contribution in [3.8, 4) is 0 Å². The molecule has 3 nitrogen and oxygen atoms in total. The molecule has 2 atom stereocenters. The average Bonchev–Trinajstić information content (AvgIpc) is 2.67. The van der Waals surface area contributed by atoms with Gasteiger partial charge in [0.1, 0.15) is 0 Å². The Morgan fingerprint density at radius 2 is 1.61 bits per heavy atom. The van der Waals surface area contributed by atoms with Gasteiger partial charge >= 0.3 is 7.12 Å². The molecular formula is C19H35BO3. The molecule has 0 unspecified atom stereocenters. The van der Waals surface area contributed by atoms with E-state index < -0.39 is 0 Å². The van der Waals surface area contributed by atoms with Crippen LogP contribution < -0.4 is 0 Å². The molecule has 1 aliphatic heterocycles. The van der Waals surface area contributed by atoms with Gasteiger partial charge in [-0.3, -0.25) is 0 Å². The Hall–Kier alpha value is -0.315. The molecule has 2 aliphatic rings. The molecule has 1 N–H and O–H groups in total. The summed E-state index contributed by atoms with van der Waals surface area (Å²) in [4.78, 5) is 0. The monoisotopic (exact) mass is 322 g/mol. The van der Waals surface area contributed by atoms with Crippen molar-refractivity contribution >= 4 is 7.12 Å². The molecule has 0 spiro atoms. The molecule has 0 aromatic heterocycles. The van der Waals surface area contributed by atoms with Crippen LogP contribution in [0.4, 0.5) is 0 Å². The highest BCUT2D eigenvalue weighted by atomic mass is 16.7. The fourth-order valence-electron chi connectivity index (χ4n) is 3.67. The molecule has 1 saturated carbocycles. The lowest BCUT2D eigenvalue weighted by molar-refractivity contribution is 0.00578. The lowest BCUT2D eigenvalue weighted by Gasteiger charge is -2.33. The smallest absolute Gasteiger partial charge is 0.403 e. The van der Waals surface area contributed by atoms with Crippen molar-refractivity contribution in [3.63, 3.8) is 0 Å². The number of hydrogen-bond donors (Lipinski definition) is 1. The maximum absolute atomic E-state index is 11.1. The average molecular weight is 322 g/mol. The molecule has 1 aliphatic carbocycles. The highest BCUT2D eigenvalue weighted by Gasteiger charge is 2.55. The molecule has 1 saturated heterocycles. The van der Waals surface area contributed by atoms with Gasteiger partial charge in [-0.25, -0.2) is 0 Å². The van der Waals surface area contributed by atoms with Crippen LogP contribution in [0.1, 0.15) is 80.1 Å². The Balaban J connectivity index is 2.15. The maximum Gasteiger partial charge on any atom is 0.464 e. The Bertz CT molecular complexity index is 404. The van der Waals surface area contributed by atoms with E-state index in [4.69, 9.17) is 9.31 Å². The van der Waals surface area contributed by atoms with Crippen LogP contribution in [0.5, 0.6) is 0 Å². The molecule has 0 aromatic rings. The van der Waals surface area contributed by atoms with Crippen LogP contribution in [0, 0.1) is 5.92 Å². The molecule has 0 aromatic carbocycles. The predicted molar refractivity (Wildman–Crippen MR) is 96.5 cm³/mol. The standard InChI is InChI=1S/C19H35BO3/c1-14(2)12-13-16(17(21)15-10-8-7-9-11-15)20-22-18(3,4)19(5,6)23-20/h12,15-17,21H,7-11,13H2,1-6H3/t16-,17+/m1/s1. The zero-order valence-corrected chi connectivity index (χ0v) is 15.9. The Morgan fingerprint density at radius 1 is 1.09 bits per heavy atom. The molecule has 0 bridgehead atoms. The normalized spacial score (nSPS) is 26.8. The molecule has 132 valence electrons. The second-order valence-electron chi connectivity index (χ2n) is 8.69. The van der Waals surface area contributed by atoms with Crippen molar-refractivity contribution in [2.75, 3.05) is 0 Å². The largest absolute Gasteiger partial charge is 0.464 e. The zero-order chi connectivity index (χ0) is 17.3. The Kier molecular flexibility index (Phi) is 6.02. The minimum atomic E-state index is -0.347. The van der Waals surface area contributed by atoms with E-state index in [1.165, 1.54) is 24.8 Å². The van der Waals surface area contributed by atoms with Crippen LogP contribution in [-0.4, -0.2) is 29.5 Å². The van der Waals surface area contributed by atoms with Crippen LogP contribution in [0.25, 0.3) is 0 Å². The first-order chi connectivity index (χ1) is 10.6. The summed E-state index contributed by atoms with van der Waals surface area (Å²) in [6, 6.07) is 0. The van der Waals surface area contributed by atoms with E-state index >= 15 is 0 Å². The summed E-state index contributed by atoms with van der Waals surface area (Å²) in [5, 5.41) is 11.1. The number of allylic oxidation sites excluding steroid dienone is 2. The van der Waals surface area contributed by atoms with E-state index in [1.54, 1.807) is 0 Å². The van der Waals surface area contributed by atoms with Gasteiger partial charge in [0.15, 0.2) is 0 Å². The zero-order valence-electron chi connectivity index (χ0n) is 15.9. The summed E-state index contributed by atoms with van der Waals surface area (Å²) in [7, 11) is -0.326. The number of hydrogen-bond acceptors (Lipinski definition) is 3. The minimum absolute atomic E-state index is 0.00838. The second kappa shape index (κ2) is 7.29. The molecule has 0 amide bonds. The van der Waals surface area contributed by atoms with Gasteiger partial charge in [0.25, 0.3) is 0 Å². The minimum Gasteiger partial charge on any atom is -0.403 e. The first kappa shape index (κ1) is 19.0. The fraction of sp³-hybridized carbons (Fsp3) is 0.895. The molecular weight excluding hydrogens is 287 g/mol. The van der Waals surface area contributed by atoms with Crippen LogP contribution in [0.2, 0.25) is 5.82 Å². The quantitative estimate of drug-likeness (QED) is 0.586. The molecule has 0 radical (unpaired) electrons. The van der Waals surface area contributed by atoms with Gasteiger partial charge in [0.2, 0.25) is 0 Å². The molecule has 1 heterocycles. The topological polar surface area (TPSA) is 38.7 Å². The van der Waals surface area contributed by atoms with Crippen molar-refractivity contribution in [3.05, 3.63) is 11.6 Å². The van der Waals surface area contributed by atoms with Gasteiger partial charge in [-0.1, -0.05) is 30.9 Å². The molecule has 2 fully saturated rings. The van der Waals surface area contributed by atoms with E-state index in [1.807, 2.05) is 0 Å². The van der Waals surface area contributed by atoms with Gasteiger partial charge in [0, 0.05) is 5.82 Å². The van der Waals surface area contributed by atoms with Crippen molar-refractivity contribution in [1.82, 2.24) is 0 Å². The van der Waals surface area contributed by atoms with Crippen LogP contribution in [0.15, 0.2) is 11.6 Å². The van der Waals surface area contributed by atoms with E-state index in [2.05, 4.69) is 47.6 Å². The second-order valence-corrected chi connectivity index (χ2v) is 8.69. The van der Waals surface area contributed by atoms with Gasteiger partial charge in [-0.2, -0.15) is 0 Å². The van der Waals surface area contributed by atoms with Gasteiger partial charge in [0.05, 0.1) is 17.3 Å². The highest BCUT2D eigenvalue weighted by molar-refractivity contribution is 6.47. The SMILES string of the molecule is CC(C)=CC[C@@H](B1OC(C)(C)C(C)(C)O1)[C@@H](O)C1CCCCC1. The van der Waals surface area contributed by atoms with Crippen molar-refractivity contribution in [1.29, 1.82) is 0 Å². The van der Waals surface area contributed by atoms with Gasteiger partial charge < -0.3 is 14.4 Å². The summed E-state index contributed by atoms with van der Waals surface area (Å²) in [5.41, 5.74) is 0.600. The number of rotatable bonds is 5. The summed E-state index contributed by atoms with van der Waals surface area (Å²) in [6.45, 7) is 12.5. The highest BCUT2D eigenvalue weighted by Crippen LogP contribution is 2.44. The van der Waals surface area contributed by atoms with Gasteiger partial charge in [-0.05, 0) is 66.7 Å². The first-order valence-electron chi connectivity index (χ1n) is 9.31. The van der Waals surface area contributed by atoms with E-state index in [0.29, 0.717) is 5.92 Å². The first-order valence-corrected chi connectivity index (χ1v) is 9.31. The Morgan fingerprint density at radius 3 is 2.09 bits per heavy atom. The van der Waals surface area contributed by atoms with E-state index in [9.17, 15) is 5.11 Å². The van der Waals surface area contributed by atoms with Crippen molar-refractivity contribution in [2.24, 2.45) is 5.92 Å². The van der Waals surface area contributed by atoms with E-state index in [0.717, 1.165) is 19.3 Å². The number of aliphatic hydroxyl groups is 1. The third-order valence-electron chi connectivity index (χ3n) is 5.99. The molecule has 2 rings (SSSR count). The van der Waals surface area contributed by atoms with Crippen LogP contribution >= 0.6 is 0 Å². The van der Waals surface area contributed by atoms with Gasteiger partial charge in [-0.15, -0.1) is 0 Å². The summed E-state index contributed by atoms with van der Waals surface area (Å²) in [6.07, 6.45) is 8.72. The van der Waals surface area contributed by atoms with Crippen LogP contribution in [0.3, 0.4) is 0 Å².